The first kappa shape index (κ1) is 18.0. The molecule has 0 bridgehead atoms. The molecular weight excluding hydrogens is 369 g/mol. The van der Waals surface area contributed by atoms with Crippen LogP contribution in [0, 0.1) is 0 Å². The van der Waals surface area contributed by atoms with Gasteiger partial charge >= 0.3 is 6.18 Å². The van der Waals surface area contributed by atoms with Crippen molar-refractivity contribution < 1.29 is 18.0 Å². The highest BCUT2D eigenvalue weighted by molar-refractivity contribution is 6.35. The number of hydrogen-bond acceptors (Lipinski definition) is 2. The maximum Gasteiger partial charge on any atom is 0.418 e. The van der Waals surface area contributed by atoms with Crippen LogP contribution < -0.4 is 10.7 Å². The van der Waals surface area contributed by atoms with Crippen LogP contribution in [0.5, 0.6) is 0 Å². The van der Waals surface area contributed by atoms with E-state index in [0.29, 0.717) is 10.5 Å². The normalized spacial score (nSPS) is 11.6. The molecule has 8 heteroatoms. The molecule has 0 aliphatic carbocycles. The number of para-hydroxylation sites is 2. The summed E-state index contributed by atoms with van der Waals surface area (Å²) >= 11 is 6.08. The molecule has 26 heavy (non-hydrogen) atoms. The van der Waals surface area contributed by atoms with Crippen molar-refractivity contribution in [3.8, 4) is 0 Å². The Balaban J connectivity index is 2.08. The molecule has 0 radical (unpaired) electrons. The lowest BCUT2D eigenvalue weighted by Crippen LogP contribution is -2.24. The van der Waals surface area contributed by atoms with Gasteiger partial charge in [-0.25, -0.2) is 0 Å². The number of amides is 1. The van der Waals surface area contributed by atoms with Crippen LogP contribution in [0.2, 0.25) is 5.02 Å². The van der Waals surface area contributed by atoms with Gasteiger partial charge in [0.25, 0.3) is 5.91 Å². The Labute approximate surface area is 150 Å². The fourth-order valence-corrected chi connectivity index (χ4v) is 3.02. The van der Waals surface area contributed by atoms with Gasteiger partial charge in [-0.1, -0.05) is 29.8 Å². The van der Waals surface area contributed by atoms with Crippen LogP contribution in [0.3, 0.4) is 0 Å². The number of pyridine rings is 1. The number of alkyl halides is 3. The molecule has 0 saturated heterocycles. The number of nitrogens with one attached hydrogen (secondary N) is 1. The molecule has 1 heterocycles. The molecule has 1 amide bonds. The van der Waals surface area contributed by atoms with Crippen molar-refractivity contribution in [2.45, 2.75) is 6.18 Å². The zero-order valence-corrected chi connectivity index (χ0v) is 14.2. The van der Waals surface area contributed by atoms with E-state index in [1.807, 2.05) is 0 Å². The second-order valence-electron chi connectivity index (χ2n) is 5.62. The molecule has 2 aromatic carbocycles. The molecule has 1 N–H and O–H groups in total. The number of nitrogens with zero attached hydrogens (tertiary/aromatic N) is 1. The van der Waals surface area contributed by atoms with Crippen molar-refractivity contribution >= 4 is 34.1 Å². The summed E-state index contributed by atoms with van der Waals surface area (Å²) in [6.07, 6.45) is -3.38. The molecule has 0 atom stereocenters. The predicted molar refractivity (Wildman–Crippen MR) is 93.6 cm³/mol. The molecule has 3 rings (SSSR count). The Hall–Kier alpha value is -2.80. The number of carbonyl (C=O) groups is 1. The minimum Gasteiger partial charge on any atom is -0.348 e. The number of aromatic nitrogens is 1. The first-order valence-electron chi connectivity index (χ1n) is 7.45. The standard InChI is InChI=1S/C18H12ClF3N2O2/c1-24-9-11(16(25)10-5-4-7-13(19)15(10)24)17(26)23-14-8-3-2-6-12(14)18(20,21)22/h2-9H,1H3,(H,23,26). The third kappa shape index (κ3) is 3.17. The minimum absolute atomic E-state index is 0.205. The van der Waals surface area contributed by atoms with Crippen LogP contribution >= 0.6 is 11.6 Å². The van der Waals surface area contributed by atoms with E-state index in [2.05, 4.69) is 5.32 Å². The summed E-state index contributed by atoms with van der Waals surface area (Å²) in [5.41, 5.74) is -1.86. The van der Waals surface area contributed by atoms with E-state index in [-0.39, 0.29) is 10.9 Å². The van der Waals surface area contributed by atoms with Gasteiger partial charge in [-0.05, 0) is 24.3 Å². The number of hydrogen-bond donors (Lipinski definition) is 1. The zero-order chi connectivity index (χ0) is 19.1. The maximum atomic E-state index is 13.1. The highest BCUT2D eigenvalue weighted by Crippen LogP contribution is 2.34. The SMILES string of the molecule is Cn1cc(C(=O)Nc2ccccc2C(F)(F)F)c(=O)c2cccc(Cl)c21. The van der Waals surface area contributed by atoms with E-state index < -0.39 is 28.8 Å². The van der Waals surface area contributed by atoms with Gasteiger partial charge in [0.1, 0.15) is 5.56 Å². The number of halogens is 4. The number of anilines is 1. The molecule has 0 fully saturated rings. The summed E-state index contributed by atoms with van der Waals surface area (Å²) in [6.45, 7) is 0. The van der Waals surface area contributed by atoms with Gasteiger partial charge in [0.2, 0.25) is 5.43 Å². The number of carbonyl (C=O) groups excluding carboxylic acids is 1. The average molecular weight is 381 g/mol. The lowest BCUT2D eigenvalue weighted by molar-refractivity contribution is -0.136. The molecule has 1 aromatic heterocycles. The zero-order valence-electron chi connectivity index (χ0n) is 13.4. The van der Waals surface area contributed by atoms with Gasteiger partial charge < -0.3 is 9.88 Å². The lowest BCUT2D eigenvalue weighted by Gasteiger charge is -2.14. The predicted octanol–water partition coefficient (Wildman–Crippen LogP) is 4.46. The second-order valence-corrected chi connectivity index (χ2v) is 6.02. The summed E-state index contributed by atoms with van der Waals surface area (Å²) in [7, 11) is 1.59. The van der Waals surface area contributed by atoms with Gasteiger partial charge in [0, 0.05) is 18.6 Å². The van der Waals surface area contributed by atoms with E-state index in [0.717, 1.165) is 12.1 Å². The topological polar surface area (TPSA) is 51.1 Å². The van der Waals surface area contributed by atoms with Crippen LogP contribution in [0.4, 0.5) is 18.9 Å². The summed E-state index contributed by atoms with van der Waals surface area (Å²) in [5, 5.41) is 2.71. The van der Waals surface area contributed by atoms with Crippen molar-refractivity contribution in [1.29, 1.82) is 0 Å². The summed E-state index contributed by atoms with van der Waals surface area (Å²) in [4.78, 5) is 25.1. The Morgan fingerprint density at radius 2 is 1.81 bits per heavy atom. The maximum absolute atomic E-state index is 13.1. The van der Waals surface area contributed by atoms with E-state index in [1.54, 1.807) is 19.2 Å². The average Bonchev–Trinajstić information content (AvgIpc) is 2.57. The Morgan fingerprint density at radius 3 is 2.50 bits per heavy atom. The fourth-order valence-electron chi connectivity index (χ4n) is 2.71. The Bertz CT molecular complexity index is 1070. The number of aryl methyl sites for hydroxylation is 1. The quantitative estimate of drug-likeness (QED) is 0.713. The third-order valence-electron chi connectivity index (χ3n) is 3.88. The van der Waals surface area contributed by atoms with Crippen molar-refractivity contribution in [1.82, 2.24) is 4.57 Å². The first-order valence-corrected chi connectivity index (χ1v) is 7.83. The van der Waals surface area contributed by atoms with Gasteiger partial charge in [0.15, 0.2) is 0 Å². The molecule has 0 unspecified atom stereocenters. The van der Waals surface area contributed by atoms with Crippen molar-refractivity contribution in [2.24, 2.45) is 7.05 Å². The summed E-state index contributed by atoms with van der Waals surface area (Å²) < 4.78 is 40.7. The third-order valence-corrected chi connectivity index (χ3v) is 4.18. The van der Waals surface area contributed by atoms with E-state index >= 15 is 0 Å². The van der Waals surface area contributed by atoms with Crippen LogP contribution in [-0.4, -0.2) is 10.5 Å². The van der Waals surface area contributed by atoms with E-state index in [9.17, 15) is 22.8 Å². The lowest BCUT2D eigenvalue weighted by atomic mass is 10.1. The minimum atomic E-state index is -4.63. The van der Waals surface area contributed by atoms with Crippen LogP contribution in [0.1, 0.15) is 15.9 Å². The van der Waals surface area contributed by atoms with Gasteiger partial charge in [-0.15, -0.1) is 0 Å². The smallest absolute Gasteiger partial charge is 0.348 e. The van der Waals surface area contributed by atoms with Crippen molar-refractivity contribution in [2.75, 3.05) is 5.32 Å². The molecule has 0 saturated carbocycles. The molecule has 3 aromatic rings. The molecule has 0 spiro atoms. The number of fused-ring (bicyclic) bond motifs is 1. The highest BCUT2D eigenvalue weighted by atomic mass is 35.5. The summed E-state index contributed by atoms with van der Waals surface area (Å²) in [5.74, 6) is -0.927. The van der Waals surface area contributed by atoms with Gasteiger partial charge in [-0.3, -0.25) is 9.59 Å². The van der Waals surface area contributed by atoms with Crippen LogP contribution in [0.15, 0.2) is 53.5 Å². The van der Waals surface area contributed by atoms with Gasteiger partial charge in [-0.2, -0.15) is 13.2 Å². The monoisotopic (exact) mass is 380 g/mol. The molecule has 4 nitrogen and oxygen atoms in total. The molecular formula is C18H12ClF3N2O2. The van der Waals surface area contributed by atoms with Crippen molar-refractivity contribution in [3.05, 3.63) is 75.0 Å². The molecule has 0 aliphatic heterocycles. The van der Waals surface area contributed by atoms with E-state index in [1.165, 1.54) is 29.0 Å². The van der Waals surface area contributed by atoms with Crippen molar-refractivity contribution in [3.63, 3.8) is 0 Å². The number of benzene rings is 2. The van der Waals surface area contributed by atoms with Crippen LogP contribution in [0.25, 0.3) is 10.9 Å². The second kappa shape index (κ2) is 6.49. The fraction of sp³-hybridized carbons (Fsp3) is 0.111. The van der Waals surface area contributed by atoms with Gasteiger partial charge in [0.05, 0.1) is 21.8 Å². The number of rotatable bonds is 2. The molecule has 0 aliphatic rings. The Morgan fingerprint density at radius 1 is 1.12 bits per heavy atom. The summed E-state index contributed by atoms with van der Waals surface area (Å²) in [6, 6.07) is 9.23. The Kier molecular flexibility index (Phi) is 4.50. The van der Waals surface area contributed by atoms with E-state index in [4.69, 9.17) is 11.6 Å². The highest BCUT2D eigenvalue weighted by Gasteiger charge is 2.33. The first-order chi connectivity index (χ1) is 12.2. The largest absolute Gasteiger partial charge is 0.418 e. The molecule has 134 valence electrons. The van der Waals surface area contributed by atoms with Crippen LogP contribution in [-0.2, 0) is 13.2 Å².